The minimum Gasteiger partial charge on any atom is -0.383 e. The molecule has 3 rings (SSSR count). The van der Waals surface area contributed by atoms with Crippen LogP contribution >= 0.6 is 0 Å². The highest BCUT2D eigenvalue weighted by atomic mass is 15.3. The maximum absolute atomic E-state index is 6.06. The minimum absolute atomic E-state index is 0.672. The fourth-order valence-corrected chi connectivity index (χ4v) is 2.40. The summed E-state index contributed by atoms with van der Waals surface area (Å²) in [5.74, 6) is 0.672. The maximum Gasteiger partial charge on any atom is 0.129 e. The molecule has 0 aliphatic carbocycles. The molecule has 0 saturated heterocycles. The summed E-state index contributed by atoms with van der Waals surface area (Å²) in [5, 5.41) is 9.80. The largest absolute Gasteiger partial charge is 0.383 e. The van der Waals surface area contributed by atoms with Gasteiger partial charge in [-0.1, -0.05) is 12.1 Å². The molecule has 0 atom stereocenters. The van der Waals surface area contributed by atoms with Crippen molar-refractivity contribution in [2.75, 3.05) is 5.73 Å². The zero-order valence-electron chi connectivity index (χ0n) is 10.7. The Morgan fingerprint density at radius 2 is 1.89 bits per heavy atom. The lowest BCUT2D eigenvalue weighted by Crippen LogP contribution is -1.98. The van der Waals surface area contributed by atoms with Gasteiger partial charge in [-0.2, -0.15) is 10.2 Å². The molecule has 0 aliphatic rings. The van der Waals surface area contributed by atoms with E-state index in [1.54, 1.807) is 10.9 Å². The molecule has 0 spiro atoms. The quantitative estimate of drug-likeness (QED) is 0.707. The van der Waals surface area contributed by atoms with Crippen LogP contribution in [0.5, 0.6) is 0 Å². The summed E-state index contributed by atoms with van der Waals surface area (Å²) in [6.45, 7) is 2.01. The summed E-state index contributed by atoms with van der Waals surface area (Å²) >= 11 is 0. The molecule has 92 valence electrons. The Bertz CT molecular complexity index is 735. The number of nitrogen functional groups attached to an aromatic ring is 1. The topological polar surface area (TPSA) is 61.7 Å². The molecule has 0 saturated carbocycles. The molecule has 5 heteroatoms. The molecule has 18 heavy (non-hydrogen) atoms. The molecule has 0 unspecified atom stereocenters. The zero-order chi connectivity index (χ0) is 12.9. The molecule has 2 N–H and O–H groups in total. The van der Waals surface area contributed by atoms with Gasteiger partial charge in [0.2, 0.25) is 0 Å². The number of anilines is 1. The van der Waals surface area contributed by atoms with E-state index in [2.05, 4.69) is 22.3 Å². The lowest BCUT2D eigenvalue weighted by Gasteiger charge is -2.03. The van der Waals surface area contributed by atoms with Gasteiger partial charge in [-0.15, -0.1) is 0 Å². The van der Waals surface area contributed by atoms with Crippen LogP contribution in [0.2, 0.25) is 0 Å². The Hall–Kier alpha value is -2.30. The molecular formula is C13H15N5. The Morgan fingerprint density at radius 1 is 1.11 bits per heavy atom. The highest BCUT2D eigenvalue weighted by Gasteiger charge is 2.14. The zero-order valence-corrected chi connectivity index (χ0v) is 10.7. The van der Waals surface area contributed by atoms with Crippen LogP contribution in [0.3, 0.4) is 0 Å². The average Bonchev–Trinajstić information content (AvgIpc) is 2.83. The van der Waals surface area contributed by atoms with Crippen LogP contribution in [0.4, 0.5) is 5.82 Å². The summed E-state index contributed by atoms with van der Waals surface area (Å²) in [4.78, 5) is 0. The van der Waals surface area contributed by atoms with Gasteiger partial charge in [-0.3, -0.25) is 9.36 Å². The molecule has 5 nitrogen and oxygen atoms in total. The number of fused-ring (bicyclic) bond motifs is 1. The molecule has 0 fully saturated rings. The van der Waals surface area contributed by atoms with Crippen LogP contribution in [0.15, 0.2) is 24.4 Å². The summed E-state index contributed by atoms with van der Waals surface area (Å²) in [6.07, 6.45) is 1.80. The van der Waals surface area contributed by atoms with Gasteiger partial charge in [0.1, 0.15) is 5.82 Å². The number of nitrogens with two attached hydrogens (primary N) is 1. The summed E-state index contributed by atoms with van der Waals surface area (Å²) in [6, 6.07) is 6.14. The number of hydrogen-bond donors (Lipinski definition) is 1. The number of aromatic nitrogens is 4. The van der Waals surface area contributed by atoms with Crippen molar-refractivity contribution in [1.82, 2.24) is 19.6 Å². The SMILES string of the molecule is Cc1nn(C)c2cccc(-c3cnn(C)c3N)c12. The Balaban J connectivity index is 2.39. The monoisotopic (exact) mass is 241 g/mol. The van der Waals surface area contributed by atoms with Crippen LogP contribution in [0.25, 0.3) is 22.0 Å². The van der Waals surface area contributed by atoms with E-state index in [-0.39, 0.29) is 0 Å². The van der Waals surface area contributed by atoms with Crippen LogP contribution < -0.4 is 5.73 Å². The number of benzene rings is 1. The lowest BCUT2D eigenvalue weighted by molar-refractivity contribution is 0.779. The minimum atomic E-state index is 0.672. The first kappa shape index (κ1) is 10.8. The third-order valence-electron chi connectivity index (χ3n) is 3.33. The Morgan fingerprint density at radius 3 is 2.56 bits per heavy atom. The first-order valence-electron chi connectivity index (χ1n) is 5.79. The standard InChI is InChI=1S/C13H15N5/c1-8-12-9(10-7-15-18(3)13(10)14)5-4-6-11(12)17(2)16-8/h4-7H,14H2,1-3H3. The van der Waals surface area contributed by atoms with Gasteiger partial charge in [-0.05, 0) is 18.6 Å². The second kappa shape index (κ2) is 3.60. The summed E-state index contributed by atoms with van der Waals surface area (Å²) < 4.78 is 3.57. The van der Waals surface area contributed by atoms with E-state index < -0.39 is 0 Å². The van der Waals surface area contributed by atoms with Crippen molar-refractivity contribution >= 4 is 16.7 Å². The fourth-order valence-electron chi connectivity index (χ4n) is 2.40. The molecule has 3 aromatic rings. The smallest absolute Gasteiger partial charge is 0.129 e. The van der Waals surface area contributed by atoms with E-state index >= 15 is 0 Å². The number of rotatable bonds is 1. The van der Waals surface area contributed by atoms with Gasteiger partial charge in [0.15, 0.2) is 0 Å². The van der Waals surface area contributed by atoms with Crippen molar-refractivity contribution in [1.29, 1.82) is 0 Å². The molecule has 2 aromatic heterocycles. The molecule has 2 heterocycles. The fraction of sp³-hybridized carbons (Fsp3) is 0.231. The number of nitrogens with zero attached hydrogens (tertiary/aromatic N) is 4. The van der Waals surface area contributed by atoms with Crippen molar-refractivity contribution in [2.45, 2.75) is 6.92 Å². The maximum atomic E-state index is 6.06. The number of aryl methyl sites for hydroxylation is 3. The molecule has 1 aromatic carbocycles. The molecule has 0 radical (unpaired) electrons. The normalized spacial score (nSPS) is 11.3. The second-order valence-electron chi connectivity index (χ2n) is 4.48. The van der Waals surface area contributed by atoms with Gasteiger partial charge in [0.05, 0.1) is 17.4 Å². The van der Waals surface area contributed by atoms with Crippen molar-refractivity contribution in [2.24, 2.45) is 14.1 Å². The van der Waals surface area contributed by atoms with Crippen molar-refractivity contribution < 1.29 is 0 Å². The lowest BCUT2D eigenvalue weighted by atomic mass is 10.0. The van der Waals surface area contributed by atoms with Gasteiger partial charge < -0.3 is 5.73 Å². The first-order valence-corrected chi connectivity index (χ1v) is 5.79. The van der Waals surface area contributed by atoms with E-state index in [1.807, 2.05) is 31.8 Å². The van der Waals surface area contributed by atoms with Gasteiger partial charge in [0, 0.05) is 25.0 Å². The third kappa shape index (κ3) is 1.33. The summed E-state index contributed by atoms with van der Waals surface area (Å²) in [7, 11) is 3.79. The Kier molecular flexibility index (Phi) is 2.16. The van der Waals surface area contributed by atoms with Crippen LogP contribution in [0.1, 0.15) is 5.69 Å². The van der Waals surface area contributed by atoms with Crippen LogP contribution in [-0.2, 0) is 14.1 Å². The summed E-state index contributed by atoms with van der Waals surface area (Å²) in [5.41, 5.74) is 10.2. The highest BCUT2D eigenvalue weighted by Crippen LogP contribution is 2.33. The van der Waals surface area contributed by atoms with Crippen molar-refractivity contribution in [3.8, 4) is 11.1 Å². The van der Waals surface area contributed by atoms with E-state index in [0.29, 0.717) is 5.82 Å². The van der Waals surface area contributed by atoms with Crippen molar-refractivity contribution in [3.63, 3.8) is 0 Å². The second-order valence-corrected chi connectivity index (χ2v) is 4.48. The van der Waals surface area contributed by atoms with Gasteiger partial charge in [0.25, 0.3) is 0 Å². The number of hydrogen-bond acceptors (Lipinski definition) is 3. The molecule has 0 amide bonds. The van der Waals surface area contributed by atoms with E-state index in [9.17, 15) is 0 Å². The van der Waals surface area contributed by atoms with Crippen LogP contribution in [-0.4, -0.2) is 19.6 Å². The average molecular weight is 241 g/mol. The van der Waals surface area contributed by atoms with E-state index in [4.69, 9.17) is 5.73 Å². The van der Waals surface area contributed by atoms with Crippen molar-refractivity contribution in [3.05, 3.63) is 30.1 Å². The van der Waals surface area contributed by atoms with E-state index in [0.717, 1.165) is 27.7 Å². The molecule has 0 aliphatic heterocycles. The molecular weight excluding hydrogens is 226 g/mol. The first-order chi connectivity index (χ1) is 8.59. The predicted octanol–water partition coefficient (Wildman–Crippen LogP) is 1.86. The molecule has 0 bridgehead atoms. The van der Waals surface area contributed by atoms with Gasteiger partial charge >= 0.3 is 0 Å². The van der Waals surface area contributed by atoms with Gasteiger partial charge in [-0.25, -0.2) is 0 Å². The highest BCUT2D eigenvalue weighted by molar-refractivity contribution is 5.98. The third-order valence-corrected chi connectivity index (χ3v) is 3.33. The Labute approximate surface area is 105 Å². The van der Waals surface area contributed by atoms with Crippen LogP contribution in [0, 0.1) is 6.92 Å². The van der Waals surface area contributed by atoms with E-state index in [1.165, 1.54) is 0 Å². The predicted molar refractivity (Wildman–Crippen MR) is 72.1 cm³/mol.